The molecule has 2 aliphatic rings. The summed E-state index contributed by atoms with van der Waals surface area (Å²) in [5.74, 6) is -1.74. The molecule has 0 saturated carbocycles. The number of thioether (sulfide) groups is 1. The molecular weight excluding hydrogens is 471 g/mol. The number of hydrogen-bond donors (Lipinski definition) is 1. The summed E-state index contributed by atoms with van der Waals surface area (Å²) in [6.45, 7) is 12.6. The second-order valence-corrected chi connectivity index (χ2v) is 11.6. The summed E-state index contributed by atoms with van der Waals surface area (Å²) in [6.07, 6.45) is 1.08. The van der Waals surface area contributed by atoms with Gasteiger partial charge in [0, 0.05) is 19.6 Å². The lowest BCUT2D eigenvalue weighted by atomic mass is 9.85. The van der Waals surface area contributed by atoms with Gasteiger partial charge in [-0.15, -0.1) is 18.3 Å². The van der Waals surface area contributed by atoms with Gasteiger partial charge in [-0.25, -0.2) is 9.18 Å². The quantitative estimate of drug-likeness (QED) is 0.504. The summed E-state index contributed by atoms with van der Waals surface area (Å²) < 4.78 is 20.8. The molecule has 0 aromatic heterocycles. The highest BCUT2D eigenvalue weighted by atomic mass is 32.2. The number of carbonyl (C=O) groups excluding carboxylic acids is 2. The number of ether oxygens (including phenoxy) is 1. The largest absolute Gasteiger partial charge is 0.481 e. The maximum atomic E-state index is 15.3. The number of aliphatic carboxylic acids is 1. The highest BCUT2D eigenvalue weighted by molar-refractivity contribution is 8.01. The van der Waals surface area contributed by atoms with Crippen molar-refractivity contribution in [2.75, 3.05) is 19.6 Å². The van der Waals surface area contributed by atoms with Crippen LogP contribution in [0, 0.1) is 5.82 Å². The van der Waals surface area contributed by atoms with E-state index in [1.165, 1.54) is 17.8 Å². The van der Waals surface area contributed by atoms with E-state index in [0.29, 0.717) is 50.0 Å². The fraction of sp³-hybridized carbons (Fsp3) is 0.577. The number of carboxylic acid groups (broad SMARTS) is 1. The summed E-state index contributed by atoms with van der Waals surface area (Å²) >= 11 is 1.27. The van der Waals surface area contributed by atoms with Gasteiger partial charge in [0.25, 0.3) is 0 Å². The molecule has 2 heterocycles. The van der Waals surface area contributed by atoms with Crippen molar-refractivity contribution in [3.63, 3.8) is 0 Å². The Balaban J connectivity index is 1.85. The van der Waals surface area contributed by atoms with Gasteiger partial charge in [0.15, 0.2) is 0 Å². The predicted octanol–water partition coefficient (Wildman–Crippen LogP) is 5.32. The first-order valence-electron chi connectivity index (χ1n) is 12.0. The lowest BCUT2D eigenvalue weighted by molar-refractivity contribution is -0.140. The number of benzene rings is 1. The van der Waals surface area contributed by atoms with Crippen molar-refractivity contribution in [3.8, 4) is 0 Å². The minimum absolute atomic E-state index is 0.123. The van der Waals surface area contributed by atoms with E-state index in [1.54, 1.807) is 15.9 Å². The summed E-state index contributed by atoms with van der Waals surface area (Å²) in [4.78, 5) is 40.2. The molecule has 1 N–H and O–H groups in total. The number of hydrogen-bond acceptors (Lipinski definition) is 5. The zero-order valence-corrected chi connectivity index (χ0v) is 21.7. The molecule has 2 fully saturated rings. The van der Waals surface area contributed by atoms with Crippen LogP contribution in [0.2, 0.25) is 0 Å². The normalized spacial score (nSPS) is 21.3. The smallest absolute Gasteiger partial charge is 0.410 e. The average Bonchev–Trinajstić information content (AvgIpc) is 3.05. The van der Waals surface area contributed by atoms with E-state index in [2.05, 4.69) is 6.58 Å². The third kappa shape index (κ3) is 6.78. The van der Waals surface area contributed by atoms with Crippen molar-refractivity contribution in [1.82, 2.24) is 9.80 Å². The van der Waals surface area contributed by atoms with Crippen LogP contribution in [0.4, 0.5) is 9.18 Å². The molecule has 0 spiro atoms. The second kappa shape index (κ2) is 11.0. The van der Waals surface area contributed by atoms with E-state index < -0.39 is 22.2 Å². The van der Waals surface area contributed by atoms with Crippen LogP contribution in [0.5, 0.6) is 0 Å². The predicted molar refractivity (Wildman–Crippen MR) is 134 cm³/mol. The molecule has 2 atom stereocenters. The number of nitrogens with zero attached hydrogens (tertiary/aromatic N) is 2. The van der Waals surface area contributed by atoms with Crippen LogP contribution in [0.25, 0.3) is 0 Å². The molecule has 35 heavy (non-hydrogen) atoms. The first kappa shape index (κ1) is 27.0. The van der Waals surface area contributed by atoms with E-state index in [-0.39, 0.29) is 30.2 Å². The molecule has 9 heteroatoms. The molecule has 1 aromatic carbocycles. The van der Waals surface area contributed by atoms with Crippen molar-refractivity contribution < 1.29 is 28.6 Å². The molecule has 2 aliphatic heterocycles. The molecule has 0 radical (unpaired) electrons. The van der Waals surface area contributed by atoms with Crippen LogP contribution in [0.1, 0.15) is 75.8 Å². The van der Waals surface area contributed by atoms with E-state index >= 15 is 4.39 Å². The van der Waals surface area contributed by atoms with Gasteiger partial charge in [-0.1, -0.05) is 17.7 Å². The third-order valence-electron chi connectivity index (χ3n) is 6.18. The Hall–Kier alpha value is -2.55. The topological polar surface area (TPSA) is 87.2 Å². The number of piperidine rings is 1. The van der Waals surface area contributed by atoms with Crippen molar-refractivity contribution in [2.45, 2.75) is 75.5 Å². The Labute approximate surface area is 210 Å². The molecule has 7 nitrogen and oxygen atoms in total. The molecule has 3 rings (SSSR count). The highest BCUT2D eigenvalue weighted by Gasteiger charge is 2.43. The lowest BCUT2D eigenvalue weighted by Crippen LogP contribution is -2.41. The van der Waals surface area contributed by atoms with Crippen molar-refractivity contribution in [1.29, 1.82) is 0 Å². The average molecular weight is 507 g/mol. The molecule has 0 bridgehead atoms. The fourth-order valence-electron chi connectivity index (χ4n) is 4.54. The van der Waals surface area contributed by atoms with E-state index in [1.807, 2.05) is 33.8 Å². The van der Waals surface area contributed by atoms with Crippen LogP contribution in [-0.2, 0) is 14.3 Å². The van der Waals surface area contributed by atoms with Crippen molar-refractivity contribution >= 4 is 29.7 Å². The van der Waals surface area contributed by atoms with Crippen molar-refractivity contribution in [2.24, 2.45) is 0 Å². The Bertz CT molecular complexity index is 984. The van der Waals surface area contributed by atoms with Crippen LogP contribution in [0.15, 0.2) is 30.4 Å². The Morgan fingerprint density at radius 2 is 1.91 bits per heavy atom. The maximum absolute atomic E-state index is 15.3. The third-order valence-corrected chi connectivity index (χ3v) is 7.64. The van der Waals surface area contributed by atoms with Gasteiger partial charge in [-0.2, -0.15) is 0 Å². The van der Waals surface area contributed by atoms with E-state index in [4.69, 9.17) is 4.74 Å². The molecule has 2 saturated heterocycles. The minimum Gasteiger partial charge on any atom is -0.481 e. The number of likely N-dealkylation sites (tertiary alicyclic amines) is 1. The summed E-state index contributed by atoms with van der Waals surface area (Å²) in [6, 6.07) is 4.89. The Kier molecular flexibility index (Phi) is 8.51. The monoisotopic (exact) mass is 506 g/mol. The Morgan fingerprint density at radius 3 is 2.49 bits per heavy atom. The number of carbonyl (C=O) groups is 3. The zero-order chi connectivity index (χ0) is 25.9. The minimum atomic E-state index is -1.04. The Morgan fingerprint density at radius 1 is 1.26 bits per heavy atom. The van der Waals surface area contributed by atoms with Gasteiger partial charge in [0.1, 0.15) is 16.8 Å². The van der Waals surface area contributed by atoms with Crippen molar-refractivity contribution in [3.05, 3.63) is 47.3 Å². The number of halogens is 1. The first-order chi connectivity index (χ1) is 16.4. The van der Waals surface area contributed by atoms with E-state index in [9.17, 15) is 19.5 Å². The van der Waals surface area contributed by atoms with Gasteiger partial charge in [0.05, 0.1) is 11.7 Å². The first-order valence-corrected chi connectivity index (χ1v) is 12.9. The van der Waals surface area contributed by atoms with Crippen LogP contribution < -0.4 is 0 Å². The number of carboxylic acids is 1. The van der Waals surface area contributed by atoms with Gasteiger partial charge < -0.3 is 19.6 Å². The fourth-order valence-corrected chi connectivity index (χ4v) is 6.05. The van der Waals surface area contributed by atoms with Crippen LogP contribution in [-0.4, -0.2) is 63.4 Å². The summed E-state index contributed by atoms with van der Waals surface area (Å²) in [5, 5.41) is 8.11. The molecule has 0 aliphatic carbocycles. The summed E-state index contributed by atoms with van der Waals surface area (Å²) in [7, 11) is 0. The van der Waals surface area contributed by atoms with Crippen LogP contribution >= 0.6 is 11.8 Å². The van der Waals surface area contributed by atoms with E-state index in [0.717, 1.165) is 5.57 Å². The second-order valence-electron chi connectivity index (χ2n) is 10.3. The number of amides is 2. The van der Waals surface area contributed by atoms with Gasteiger partial charge in [-0.05, 0) is 70.1 Å². The van der Waals surface area contributed by atoms with Crippen LogP contribution in [0.3, 0.4) is 0 Å². The van der Waals surface area contributed by atoms with Gasteiger partial charge in [0.2, 0.25) is 5.91 Å². The highest BCUT2D eigenvalue weighted by Crippen LogP contribution is 2.48. The lowest BCUT2D eigenvalue weighted by Gasteiger charge is -2.35. The zero-order valence-electron chi connectivity index (χ0n) is 20.9. The molecular formula is C26H35FN2O5S. The SMILES string of the molecule is C=C(C)CCN1C(=O)[C@H](CC(=O)O)SC1c1cccc(F)c1C1CCN(C(=O)OC(C)(C)C)CC1. The number of rotatable bonds is 7. The molecule has 192 valence electrons. The summed E-state index contributed by atoms with van der Waals surface area (Å²) in [5.41, 5.74) is 1.59. The molecule has 1 aromatic rings. The molecule has 2 amide bonds. The van der Waals surface area contributed by atoms with Gasteiger partial charge >= 0.3 is 12.1 Å². The standard InChI is InChI=1S/C26H35FN2O5S/c1-16(2)9-14-29-23(32)20(15-21(30)31)35-24(29)18-7-6-8-19(27)22(18)17-10-12-28(13-11-17)25(33)34-26(3,4)5/h6-8,17,20,24H,1,9-15H2,2-5H3,(H,30,31)/t20-,24?/m0/s1. The maximum Gasteiger partial charge on any atom is 0.410 e. The molecule has 1 unspecified atom stereocenters. The van der Waals surface area contributed by atoms with Gasteiger partial charge in [-0.3, -0.25) is 9.59 Å².